The van der Waals surface area contributed by atoms with Crippen LogP contribution in [0.2, 0.25) is 0 Å². The summed E-state index contributed by atoms with van der Waals surface area (Å²) in [7, 11) is 1.66. The SMILES string of the molecule is COC(C(=O)Cc1cncs1)C1CCCCC1. The summed E-state index contributed by atoms with van der Waals surface area (Å²) in [5.74, 6) is 0.637. The molecule has 1 aromatic heterocycles. The summed E-state index contributed by atoms with van der Waals surface area (Å²) in [6, 6.07) is 0. The molecule has 0 bridgehead atoms. The van der Waals surface area contributed by atoms with Crippen LogP contribution in [0.4, 0.5) is 0 Å². The molecule has 17 heavy (non-hydrogen) atoms. The molecule has 1 saturated carbocycles. The van der Waals surface area contributed by atoms with Crippen LogP contribution in [-0.2, 0) is 16.0 Å². The Balaban J connectivity index is 1.94. The Bertz CT molecular complexity index is 344. The summed E-state index contributed by atoms with van der Waals surface area (Å²) in [5, 5.41) is 0. The average Bonchev–Trinajstić information content (AvgIpc) is 2.84. The predicted octanol–water partition coefficient (Wildman–Crippen LogP) is 2.85. The van der Waals surface area contributed by atoms with Crippen molar-refractivity contribution in [1.29, 1.82) is 0 Å². The Labute approximate surface area is 106 Å². The standard InChI is InChI=1S/C13H19NO2S/c1-16-13(10-5-3-2-4-6-10)12(15)7-11-8-14-9-17-11/h8-10,13H,2-7H2,1H3. The Morgan fingerprint density at radius 1 is 1.53 bits per heavy atom. The third-order valence-electron chi connectivity index (χ3n) is 3.48. The smallest absolute Gasteiger partial charge is 0.167 e. The van der Waals surface area contributed by atoms with Crippen LogP contribution in [0.1, 0.15) is 37.0 Å². The Morgan fingerprint density at radius 2 is 2.29 bits per heavy atom. The van der Waals surface area contributed by atoms with E-state index < -0.39 is 0 Å². The zero-order valence-corrected chi connectivity index (χ0v) is 11.0. The lowest BCUT2D eigenvalue weighted by Crippen LogP contribution is -2.34. The summed E-state index contributed by atoms with van der Waals surface area (Å²) in [4.78, 5) is 17.2. The number of Topliss-reactive ketones (excluding diaryl/α,β-unsaturated/α-hetero) is 1. The number of carbonyl (C=O) groups excluding carboxylic acids is 1. The first-order valence-corrected chi connectivity index (χ1v) is 7.12. The Morgan fingerprint density at radius 3 is 2.88 bits per heavy atom. The van der Waals surface area contributed by atoms with Gasteiger partial charge in [0.1, 0.15) is 6.10 Å². The second kappa shape index (κ2) is 6.26. The van der Waals surface area contributed by atoms with Crippen molar-refractivity contribution in [2.75, 3.05) is 7.11 Å². The average molecular weight is 253 g/mol. The summed E-state index contributed by atoms with van der Waals surface area (Å²) in [5.41, 5.74) is 1.77. The third kappa shape index (κ3) is 3.36. The summed E-state index contributed by atoms with van der Waals surface area (Å²) in [6.45, 7) is 0. The normalized spacial score (nSPS) is 19.1. The number of ketones is 1. The molecule has 0 saturated heterocycles. The number of hydrogen-bond acceptors (Lipinski definition) is 4. The number of nitrogens with zero attached hydrogens (tertiary/aromatic N) is 1. The van der Waals surface area contributed by atoms with E-state index >= 15 is 0 Å². The maximum atomic E-state index is 12.2. The van der Waals surface area contributed by atoms with E-state index in [1.807, 2.05) is 0 Å². The first-order valence-electron chi connectivity index (χ1n) is 6.24. The fraction of sp³-hybridized carbons (Fsp3) is 0.692. The van der Waals surface area contributed by atoms with Crippen molar-refractivity contribution >= 4 is 17.1 Å². The van der Waals surface area contributed by atoms with Crippen molar-refractivity contribution in [2.24, 2.45) is 5.92 Å². The zero-order chi connectivity index (χ0) is 12.1. The molecule has 2 rings (SSSR count). The van der Waals surface area contributed by atoms with Crippen LogP contribution >= 0.6 is 11.3 Å². The minimum Gasteiger partial charge on any atom is -0.373 e. The molecular weight excluding hydrogens is 234 g/mol. The number of rotatable bonds is 5. The molecule has 3 nitrogen and oxygen atoms in total. The van der Waals surface area contributed by atoms with Gasteiger partial charge in [0.15, 0.2) is 5.78 Å². The van der Waals surface area contributed by atoms with E-state index in [9.17, 15) is 4.79 Å². The molecule has 0 aliphatic heterocycles. The van der Waals surface area contributed by atoms with Gasteiger partial charge in [0.2, 0.25) is 0 Å². The minimum atomic E-state index is -0.211. The van der Waals surface area contributed by atoms with Crippen LogP contribution in [-0.4, -0.2) is 24.0 Å². The first-order chi connectivity index (χ1) is 8.31. The molecule has 4 heteroatoms. The van der Waals surface area contributed by atoms with Crippen LogP contribution in [0.5, 0.6) is 0 Å². The summed E-state index contributed by atoms with van der Waals surface area (Å²) in [6.07, 6.45) is 8.07. The molecule has 1 aromatic rings. The van der Waals surface area contributed by atoms with Gasteiger partial charge in [-0.15, -0.1) is 11.3 Å². The molecular formula is C13H19NO2S. The summed E-state index contributed by atoms with van der Waals surface area (Å²) >= 11 is 1.54. The zero-order valence-electron chi connectivity index (χ0n) is 10.2. The lowest BCUT2D eigenvalue weighted by Gasteiger charge is -2.28. The van der Waals surface area contributed by atoms with Gasteiger partial charge in [0, 0.05) is 24.6 Å². The predicted molar refractivity (Wildman–Crippen MR) is 68.2 cm³/mol. The maximum absolute atomic E-state index is 12.2. The fourth-order valence-electron chi connectivity index (χ4n) is 2.63. The minimum absolute atomic E-state index is 0.211. The highest BCUT2D eigenvalue weighted by molar-refractivity contribution is 7.09. The highest BCUT2D eigenvalue weighted by atomic mass is 32.1. The lowest BCUT2D eigenvalue weighted by atomic mass is 9.83. The summed E-state index contributed by atoms with van der Waals surface area (Å²) < 4.78 is 5.44. The quantitative estimate of drug-likeness (QED) is 0.810. The highest BCUT2D eigenvalue weighted by Crippen LogP contribution is 2.28. The maximum Gasteiger partial charge on any atom is 0.167 e. The van der Waals surface area contributed by atoms with E-state index in [-0.39, 0.29) is 11.9 Å². The highest BCUT2D eigenvalue weighted by Gasteiger charge is 2.29. The van der Waals surface area contributed by atoms with Crippen molar-refractivity contribution in [1.82, 2.24) is 4.98 Å². The van der Waals surface area contributed by atoms with Crippen LogP contribution < -0.4 is 0 Å². The van der Waals surface area contributed by atoms with Crippen LogP contribution in [0.25, 0.3) is 0 Å². The molecule has 0 N–H and O–H groups in total. The second-order valence-electron chi connectivity index (χ2n) is 4.67. The van der Waals surface area contributed by atoms with Crippen molar-refractivity contribution in [2.45, 2.75) is 44.6 Å². The van der Waals surface area contributed by atoms with E-state index in [1.54, 1.807) is 18.8 Å². The van der Waals surface area contributed by atoms with E-state index in [2.05, 4.69) is 4.98 Å². The van der Waals surface area contributed by atoms with Gasteiger partial charge < -0.3 is 4.74 Å². The number of aromatic nitrogens is 1. The van der Waals surface area contributed by atoms with E-state index in [0.29, 0.717) is 12.3 Å². The van der Waals surface area contributed by atoms with Gasteiger partial charge in [-0.2, -0.15) is 0 Å². The van der Waals surface area contributed by atoms with Crippen molar-refractivity contribution in [3.63, 3.8) is 0 Å². The van der Waals surface area contributed by atoms with Gasteiger partial charge in [-0.25, -0.2) is 0 Å². The Hall–Kier alpha value is -0.740. The van der Waals surface area contributed by atoms with Crippen molar-refractivity contribution in [3.05, 3.63) is 16.6 Å². The number of methoxy groups -OCH3 is 1. The van der Waals surface area contributed by atoms with Crippen LogP contribution in [0, 0.1) is 5.92 Å². The molecule has 1 atom stereocenters. The van der Waals surface area contributed by atoms with Crippen molar-refractivity contribution in [3.8, 4) is 0 Å². The number of ether oxygens (including phenoxy) is 1. The lowest BCUT2D eigenvalue weighted by molar-refractivity contribution is -0.132. The van der Waals surface area contributed by atoms with Gasteiger partial charge in [-0.05, 0) is 18.8 Å². The largest absolute Gasteiger partial charge is 0.373 e. The van der Waals surface area contributed by atoms with Gasteiger partial charge in [0.05, 0.1) is 5.51 Å². The fourth-order valence-corrected chi connectivity index (χ4v) is 3.23. The van der Waals surface area contributed by atoms with E-state index in [4.69, 9.17) is 4.74 Å². The topological polar surface area (TPSA) is 39.2 Å². The number of hydrogen-bond donors (Lipinski definition) is 0. The first kappa shape index (κ1) is 12.7. The van der Waals surface area contributed by atoms with Crippen molar-refractivity contribution < 1.29 is 9.53 Å². The third-order valence-corrected chi connectivity index (χ3v) is 4.26. The molecule has 1 fully saturated rings. The van der Waals surface area contributed by atoms with Gasteiger partial charge in [-0.3, -0.25) is 9.78 Å². The molecule has 0 aromatic carbocycles. The molecule has 0 spiro atoms. The molecule has 1 unspecified atom stereocenters. The van der Waals surface area contributed by atoms with Gasteiger partial charge >= 0.3 is 0 Å². The van der Waals surface area contributed by atoms with E-state index in [1.165, 1.54) is 30.6 Å². The molecule has 0 radical (unpaired) electrons. The monoisotopic (exact) mass is 253 g/mol. The number of thiazole rings is 1. The molecule has 1 aliphatic rings. The molecule has 1 aliphatic carbocycles. The molecule has 1 heterocycles. The van der Waals surface area contributed by atoms with Crippen LogP contribution in [0.15, 0.2) is 11.7 Å². The molecule has 0 amide bonds. The molecule has 94 valence electrons. The Kier molecular flexibility index (Phi) is 4.68. The van der Waals surface area contributed by atoms with Gasteiger partial charge in [0.25, 0.3) is 0 Å². The van der Waals surface area contributed by atoms with Gasteiger partial charge in [-0.1, -0.05) is 19.3 Å². The van der Waals surface area contributed by atoms with E-state index in [0.717, 1.165) is 17.7 Å². The number of carbonyl (C=O) groups is 1. The second-order valence-corrected chi connectivity index (χ2v) is 5.64. The van der Waals surface area contributed by atoms with Crippen LogP contribution in [0.3, 0.4) is 0 Å².